The number of amides is 1. The van der Waals surface area contributed by atoms with Gasteiger partial charge in [0.05, 0.1) is 4.92 Å². The molecule has 2 aromatic rings. The van der Waals surface area contributed by atoms with Crippen LogP contribution < -0.4 is 5.43 Å². The van der Waals surface area contributed by atoms with Crippen molar-refractivity contribution in [3.63, 3.8) is 0 Å². The van der Waals surface area contributed by atoms with Crippen LogP contribution in [0.4, 0.5) is 5.69 Å². The van der Waals surface area contributed by atoms with Crippen molar-refractivity contribution in [1.82, 2.24) is 5.43 Å². The molecule has 0 aliphatic rings. The number of carbonyl (C=O) groups is 1. The van der Waals surface area contributed by atoms with Crippen LogP contribution >= 0.6 is 15.9 Å². The molecular formula is C16H12BrN3O3. The molecule has 0 fully saturated rings. The van der Waals surface area contributed by atoms with Gasteiger partial charge >= 0.3 is 0 Å². The lowest BCUT2D eigenvalue weighted by Crippen LogP contribution is -2.17. The predicted octanol–water partition coefficient (Wildman–Crippen LogP) is 3.79. The molecule has 6 nitrogen and oxygen atoms in total. The van der Waals surface area contributed by atoms with Gasteiger partial charge in [-0.3, -0.25) is 14.9 Å². The minimum atomic E-state index is -0.452. The highest BCUT2D eigenvalue weighted by Crippen LogP contribution is 2.13. The number of nitro groups is 1. The fraction of sp³-hybridized carbons (Fsp3) is 0. The van der Waals surface area contributed by atoms with E-state index >= 15 is 0 Å². The Hall–Kier alpha value is -2.80. The van der Waals surface area contributed by atoms with Crippen molar-refractivity contribution in [1.29, 1.82) is 0 Å². The summed E-state index contributed by atoms with van der Waals surface area (Å²) in [5.74, 6) is -0.314. The molecular weight excluding hydrogens is 362 g/mol. The molecule has 0 unspecified atom stereocenters. The summed E-state index contributed by atoms with van der Waals surface area (Å²) in [6.45, 7) is 0. The monoisotopic (exact) mass is 373 g/mol. The van der Waals surface area contributed by atoms with Crippen molar-refractivity contribution < 1.29 is 9.72 Å². The number of nitro benzene ring substituents is 1. The first-order chi connectivity index (χ1) is 11.1. The second-order valence-corrected chi connectivity index (χ2v) is 5.35. The van der Waals surface area contributed by atoms with E-state index in [1.165, 1.54) is 18.3 Å². The van der Waals surface area contributed by atoms with E-state index in [4.69, 9.17) is 0 Å². The Bertz CT molecular complexity index is 770. The molecule has 0 atom stereocenters. The van der Waals surface area contributed by atoms with Gasteiger partial charge in [0.25, 0.3) is 11.6 Å². The maximum absolute atomic E-state index is 11.8. The summed E-state index contributed by atoms with van der Waals surface area (Å²) in [5, 5.41) is 14.3. The van der Waals surface area contributed by atoms with Crippen molar-refractivity contribution in [2.75, 3.05) is 0 Å². The fourth-order valence-electron chi connectivity index (χ4n) is 1.69. The summed E-state index contributed by atoms with van der Waals surface area (Å²) in [6, 6.07) is 13.1. The topological polar surface area (TPSA) is 84.6 Å². The Morgan fingerprint density at radius 1 is 1.22 bits per heavy atom. The van der Waals surface area contributed by atoms with E-state index in [1.807, 2.05) is 6.07 Å². The first-order valence-electron chi connectivity index (χ1n) is 6.56. The number of non-ortho nitro benzene ring substituents is 1. The highest BCUT2D eigenvalue weighted by molar-refractivity contribution is 9.10. The van der Waals surface area contributed by atoms with Crippen molar-refractivity contribution in [3.8, 4) is 0 Å². The average molecular weight is 374 g/mol. The van der Waals surface area contributed by atoms with Gasteiger partial charge in [-0.05, 0) is 42.0 Å². The molecule has 1 amide bonds. The van der Waals surface area contributed by atoms with Crippen LogP contribution in [0.5, 0.6) is 0 Å². The number of nitrogens with one attached hydrogen (secondary N) is 1. The van der Waals surface area contributed by atoms with Crippen molar-refractivity contribution in [2.45, 2.75) is 0 Å². The Labute approximate surface area is 140 Å². The average Bonchev–Trinajstić information content (AvgIpc) is 2.54. The fourth-order valence-corrected chi connectivity index (χ4v) is 2.09. The van der Waals surface area contributed by atoms with Crippen LogP contribution in [-0.2, 0) is 0 Å². The SMILES string of the molecule is O=C(N/N=C/C=C/c1ccc([N+](=O)[O-])cc1)c1cccc(Br)c1. The molecule has 2 aromatic carbocycles. The second-order valence-electron chi connectivity index (χ2n) is 4.44. The highest BCUT2D eigenvalue weighted by atomic mass is 79.9. The van der Waals surface area contributed by atoms with E-state index in [0.29, 0.717) is 5.56 Å². The summed E-state index contributed by atoms with van der Waals surface area (Å²) in [4.78, 5) is 21.9. The molecule has 0 aliphatic heterocycles. The minimum absolute atomic E-state index is 0.0390. The first kappa shape index (κ1) is 16.6. The van der Waals surface area contributed by atoms with Gasteiger partial charge in [0.2, 0.25) is 0 Å². The first-order valence-corrected chi connectivity index (χ1v) is 7.35. The van der Waals surface area contributed by atoms with Crippen molar-refractivity contribution in [2.24, 2.45) is 5.10 Å². The Kier molecular flexibility index (Phi) is 5.76. The molecule has 0 saturated heterocycles. The van der Waals surface area contributed by atoms with E-state index in [9.17, 15) is 14.9 Å². The summed E-state index contributed by atoms with van der Waals surface area (Å²) >= 11 is 3.29. The highest BCUT2D eigenvalue weighted by Gasteiger charge is 2.03. The zero-order valence-corrected chi connectivity index (χ0v) is 13.4. The Morgan fingerprint density at radius 3 is 2.61 bits per heavy atom. The molecule has 0 aromatic heterocycles. The molecule has 0 heterocycles. The smallest absolute Gasteiger partial charge is 0.267 e. The summed E-state index contributed by atoms with van der Waals surface area (Å²) in [7, 11) is 0. The Morgan fingerprint density at radius 2 is 1.96 bits per heavy atom. The molecule has 0 bridgehead atoms. The quantitative estimate of drug-likeness (QED) is 0.491. The molecule has 23 heavy (non-hydrogen) atoms. The van der Waals surface area contributed by atoms with E-state index in [2.05, 4.69) is 26.5 Å². The Balaban J connectivity index is 1.88. The second kappa shape index (κ2) is 8.00. The normalized spacial score (nSPS) is 11.0. The van der Waals surface area contributed by atoms with Gasteiger partial charge in [-0.2, -0.15) is 5.10 Å². The molecule has 1 N–H and O–H groups in total. The lowest BCUT2D eigenvalue weighted by Gasteiger charge is -1.99. The zero-order valence-electron chi connectivity index (χ0n) is 11.8. The molecule has 2 rings (SSSR count). The molecule has 0 radical (unpaired) electrons. The van der Waals surface area contributed by atoms with E-state index in [0.717, 1.165) is 10.0 Å². The summed E-state index contributed by atoms with van der Waals surface area (Å²) in [6.07, 6.45) is 4.78. The molecule has 0 spiro atoms. The van der Waals surface area contributed by atoms with Gasteiger partial charge in [-0.1, -0.05) is 28.1 Å². The number of hydrogen-bond donors (Lipinski definition) is 1. The number of halogens is 1. The van der Waals surface area contributed by atoms with Gasteiger partial charge in [0, 0.05) is 28.4 Å². The van der Waals surface area contributed by atoms with Crippen LogP contribution in [0, 0.1) is 10.1 Å². The molecule has 7 heteroatoms. The predicted molar refractivity (Wildman–Crippen MR) is 92.2 cm³/mol. The number of allylic oxidation sites excluding steroid dienone is 1. The molecule has 116 valence electrons. The number of nitrogens with zero attached hydrogens (tertiary/aromatic N) is 2. The van der Waals surface area contributed by atoms with Gasteiger partial charge in [0.1, 0.15) is 0 Å². The van der Waals surface area contributed by atoms with Crippen LogP contribution in [0.1, 0.15) is 15.9 Å². The number of rotatable bonds is 5. The van der Waals surface area contributed by atoms with E-state index < -0.39 is 4.92 Å². The van der Waals surface area contributed by atoms with E-state index in [-0.39, 0.29) is 11.6 Å². The number of hydrazone groups is 1. The van der Waals surface area contributed by atoms with Crippen LogP contribution in [0.3, 0.4) is 0 Å². The third kappa shape index (κ3) is 5.15. The van der Waals surface area contributed by atoms with Gasteiger partial charge in [-0.25, -0.2) is 5.43 Å². The van der Waals surface area contributed by atoms with Gasteiger partial charge in [0.15, 0.2) is 0 Å². The van der Waals surface area contributed by atoms with Gasteiger partial charge in [-0.15, -0.1) is 0 Å². The largest absolute Gasteiger partial charge is 0.271 e. The molecule has 0 saturated carbocycles. The third-order valence-electron chi connectivity index (χ3n) is 2.81. The third-order valence-corrected chi connectivity index (χ3v) is 3.30. The van der Waals surface area contributed by atoms with Crippen molar-refractivity contribution >= 4 is 39.8 Å². The van der Waals surface area contributed by atoms with Crippen LogP contribution in [-0.4, -0.2) is 17.0 Å². The summed E-state index contributed by atoms with van der Waals surface area (Å²) in [5.41, 5.74) is 3.73. The number of carbonyl (C=O) groups excluding carboxylic acids is 1. The van der Waals surface area contributed by atoms with Gasteiger partial charge < -0.3 is 0 Å². The maximum atomic E-state index is 11.8. The zero-order chi connectivity index (χ0) is 16.7. The standard InChI is InChI=1S/C16H12BrN3O3/c17-14-5-1-4-13(11-14)16(21)19-18-10-2-3-12-6-8-15(9-7-12)20(22)23/h1-11H,(H,19,21)/b3-2+,18-10+. The molecule has 0 aliphatic carbocycles. The maximum Gasteiger partial charge on any atom is 0.271 e. The minimum Gasteiger partial charge on any atom is -0.267 e. The van der Waals surface area contributed by atoms with Crippen LogP contribution in [0.15, 0.2) is 64.2 Å². The summed E-state index contributed by atoms with van der Waals surface area (Å²) < 4.78 is 0.812. The lowest BCUT2D eigenvalue weighted by molar-refractivity contribution is -0.384. The van der Waals surface area contributed by atoms with Crippen LogP contribution in [0.2, 0.25) is 0 Å². The number of hydrogen-bond acceptors (Lipinski definition) is 4. The lowest BCUT2D eigenvalue weighted by atomic mass is 10.2. The number of benzene rings is 2. The van der Waals surface area contributed by atoms with Crippen LogP contribution in [0.25, 0.3) is 6.08 Å². The van der Waals surface area contributed by atoms with Crippen molar-refractivity contribution in [3.05, 3.63) is 80.3 Å². The van der Waals surface area contributed by atoms with E-state index in [1.54, 1.807) is 42.5 Å².